The summed E-state index contributed by atoms with van der Waals surface area (Å²) in [6.45, 7) is 5.97. The van der Waals surface area contributed by atoms with Crippen LogP contribution in [0, 0.1) is 5.41 Å². The topological polar surface area (TPSA) is 65.9 Å². The number of likely N-dealkylation sites (tertiary alicyclic amines) is 2. The summed E-state index contributed by atoms with van der Waals surface area (Å²) < 4.78 is 5.38. The number of likely N-dealkylation sites (N-methyl/N-ethyl adjacent to an activating group) is 1. The fourth-order valence-corrected chi connectivity index (χ4v) is 4.18. The van der Waals surface area contributed by atoms with Crippen molar-refractivity contribution in [2.24, 2.45) is 5.41 Å². The van der Waals surface area contributed by atoms with Gasteiger partial charge in [-0.05, 0) is 51.9 Å². The number of carbonyl (C=O) groups is 1. The number of nitrogens with zero attached hydrogens (tertiary/aromatic N) is 3. The van der Waals surface area contributed by atoms with Crippen molar-refractivity contribution < 1.29 is 14.6 Å². The Hall–Kier alpha value is -1.66. The quantitative estimate of drug-likeness (QED) is 0.887. The number of rotatable bonds is 5. The molecule has 6 nitrogen and oxygen atoms in total. The fraction of sp³-hybridized carbons (Fsp3) is 0.667. The van der Waals surface area contributed by atoms with Gasteiger partial charge in [-0.1, -0.05) is 6.07 Å². The molecule has 3 heterocycles. The summed E-state index contributed by atoms with van der Waals surface area (Å²) >= 11 is 0. The lowest BCUT2D eigenvalue weighted by molar-refractivity contribution is -0.162. The SMILES string of the molecule is CCOc1ccc(CN2CC[C@@]3(C(=O)O)CCCN(C)[C@@H]3C2)cn1. The smallest absolute Gasteiger partial charge is 0.311 e. The summed E-state index contributed by atoms with van der Waals surface area (Å²) in [6.07, 6.45) is 4.36. The number of aliphatic carboxylic acids is 1. The zero-order chi connectivity index (χ0) is 17.2. The Bertz CT molecular complexity index is 577. The van der Waals surface area contributed by atoms with Crippen molar-refractivity contribution in [1.29, 1.82) is 0 Å². The molecule has 24 heavy (non-hydrogen) atoms. The second-order valence-corrected chi connectivity index (χ2v) is 6.98. The lowest BCUT2D eigenvalue weighted by Gasteiger charge is -2.51. The Morgan fingerprint density at radius 3 is 2.92 bits per heavy atom. The average molecular weight is 333 g/mol. The minimum Gasteiger partial charge on any atom is -0.481 e. The van der Waals surface area contributed by atoms with Gasteiger partial charge in [-0.25, -0.2) is 4.98 Å². The first-order chi connectivity index (χ1) is 11.5. The Balaban J connectivity index is 1.68. The van der Waals surface area contributed by atoms with E-state index in [1.54, 1.807) is 0 Å². The summed E-state index contributed by atoms with van der Waals surface area (Å²) in [5.74, 6) is 0.0261. The van der Waals surface area contributed by atoms with E-state index in [2.05, 4.69) is 21.8 Å². The van der Waals surface area contributed by atoms with Crippen LogP contribution in [0.4, 0.5) is 0 Å². The third-order valence-electron chi connectivity index (χ3n) is 5.53. The van der Waals surface area contributed by atoms with Gasteiger partial charge in [-0.15, -0.1) is 0 Å². The van der Waals surface area contributed by atoms with Gasteiger partial charge in [0.2, 0.25) is 5.88 Å². The molecule has 1 aromatic rings. The van der Waals surface area contributed by atoms with Crippen LogP contribution in [0.2, 0.25) is 0 Å². The Morgan fingerprint density at radius 1 is 1.42 bits per heavy atom. The third-order valence-corrected chi connectivity index (χ3v) is 5.53. The summed E-state index contributed by atoms with van der Waals surface area (Å²) in [5.41, 5.74) is 0.570. The minimum absolute atomic E-state index is 0.0909. The van der Waals surface area contributed by atoms with Crippen LogP contribution in [0.3, 0.4) is 0 Å². The normalized spacial score (nSPS) is 28.3. The molecule has 6 heteroatoms. The maximum atomic E-state index is 12.0. The van der Waals surface area contributed by atoms with Gasteiger partial charge in [0, 0.05) is 31.4 Å². The number of hydrogen-bond donors (Lipinski definition) is 1. The number of carboxylic acid groups (broad SMARTS) is 1. The number of ether oxygens (including phenoxy) is 1. The number of pyridine rings is 1. The highest BCUT2D eigenvalue weighted by atomic mass is 16.5. The van der Waals surface area contributed by atoms with Crippen molar-refractivity contribution >= 4 is 5.97 Å². The summed E-state index contributed by atoms with van der Waals surface area (Å²) in [7, 11) is 2.06. The molecule has 0 bridgehead atoms. The standard InChI is InChI=1S/C18H27N3O3/c1-3-24-16-6-5-14(11-19-16)12-21-10-8-18(17(22)23)7-4-9-20(2)15(18)13-21/h5-6,11,15H,3-4,7-10,12-13H2,1-2H3,(H,22,23)/t15-,18+/m1/s1. The van der Waals surface area contributed by atoms with E-state index in [9.17, 15) is 9.90 Å². The van der Waals surface area contributed by atoms with Crippen molar-refractivity contribution in [2.45, 2.75) is 38.8 Å². The van der Waals surface area contributed by atoms with Gasteiger partial charge >= 0.3 is 5.97 Å². The molecule has 0 spiro atoms. The van der Waals surface area contributed by atoms with E-state index in [-0.39, 0.29) is 6.04 Å². The van der Waals surface area contributed by atoms with Gasteiger partial charge in [0.1, 0.15) is 0 Å². The number of hydrogen-bond acceptors (Lipinski definition) is 5. The average Bonchev–Trinajstić information content (AvgIpc) is 2.57. The molecule has 2 saturated heterocycles. The highest BCUT2D eigenvalue weighted by Gasteiger charge is 2.52. The Labute approximate surface area is 143 Å². The largest absolute Gasteiger partial charge is 0.481 e. The van der Waals surface area contributed by atoms with Crippen molar-refractivity contribution in [3.05, 3.63) is 23.9 Å². The predicted octanol–water partition coefficient (Wildman–Crippen LogP) is 1.85. The van der Waals surface area contributed by atoms with E-state index >= 15 is 0 Å². The molecule has 1 N–H and O–H groups in total. The summed E-state index contributed by atoms with van der Waals surface area (Å²) in [5, 5.41) is 9.83. The van der Waals surface area contributed by atoms with Crippen molar-refractivity contribution in [2.75, 3.05) is 33.3 Å². The van der Waals surface area contributed by atoms with E-state index < -0.39 is 11.4 Å². The predicted molar refractivity (Wildman–Crippen MR) is 91.0 cm³/mol. The van der Waals surface area contributed by atoms with Gasteiger partial charge in [-0.3, -0.25) is 9.69 Å². The molecule has 0 aliphatic carbocycles. The molecule has 2 fully saturated rings. The maximum Gasteiger partial charge on any atom is 0.311 e. The first kappa shape index (κ1) is 17.2. The first-order valence-corrected chi connectivity index (χ1v) is 8.79. The molecule has 0 radical (unpaired) electrons. The number of piperidine rings is 2. The molecule has 2 aliphatic rings. The molecule has 2 atom stereocenters. The van der Waals surface area contributed by atoms with Gasteiger partial charge in [0.05, 0.1) is 12.0 Å². The van der Waals surface area contributed by atoms with Crippen molar-refractivity contribution in [1.82, 2.24) is 14.8 Å². The van der Waals surface area contributed by atoms with Crippen LogP contribution in [-0.4, -0.2) is 65.2 Å². The van der Waals surface area contributed by atoms with Crippen LogP contribution in [-0.2, 0) is 11.3 Å². The molecule has 132 valence electrons. The molecule has 0 saturated carbocycles. The van der Waals surface area contributed by atoms with Crippen LogP contribution < -0.4 is 4.74 Å². The van der Waals surface area contributed by atoms with E-state index in [1.165, 1.54) is 0 Å². The molecule has 1 aromatic heterocycles. The first-order valence-electron chi connectivity index (χ1n) is 8.79. The minimum atomic E-state index is -0.624. The number of carboxylic acids is 1. The van der Waals surface area contributed by atoms with Crippen LogP contribution >= 0.6 is 0 Å². The zero-order valence-corrected chi connectivity index (χ0v) is 14.6. The fourth-order valence-electron chi connectivity index (χ4n) is 4.18. The lowest BCUT2D eigenvalue weighted by Crippen LogP contribution is -2.62. The molecular weight excluding hydrogens is 306 g/mol. The molecular formula is C18H27N3O3. The van der Waals surface area contributed by atoms with Gasteiger partial charge in [0.15, 0.2) is 0 Å². The Kier molecular flexibility index (Phi) is 5.06. The van der Waals surface area contributed by atoms with Crippen molar-refractivity contribution in [3.8, 4) is 5.88 Å². The van der Waals surface area contributed by atoms with Crippen molar-refractivity contribution in [3.63, 3.8) is 0 Å². The second-order valence-electron chi connectivity index (χ2n) is 6.98. The van der Waals surface area contributed by atoms with Gasteiger partial charge in [0.25, 0.3) is 0 Å². The van der Waals surface area contributed by atoms with Crippen LogP contribution in [0.1, 0.15) is 31.7 Å². The Morgan fingerprint density at radius 2 is 2.25 bits per heavy atom. The molecule has 0 aromatic carbocycles. The summed E-state index contributed by atoms with van der Waals surface area (Å²) in [6, 6.07) is 4.03. The van der Waals surface area contributed by atoms with E-state index in [0.717, 1.165) is 51.0 Å². The monoisotopic (exact) mass is 333 g/mol. The van der Waals surface area contributed by atoms with Crippen LogP contribution in [0.25, 0.3) is 0 Å². The van der Waals surface area contributed by atoms with Crippen LogP contribution in [0.15, 0.2) is 18.3 Å². The van der Waals surface area contributed by atoms with E-state index in [1.807, 2.05) is 25.3 Å². The number of fused-ring (bicyclic) bond motifs is 1. The maximum absolute atomic E-state index is 12.0. The zero-order valence-electron chi connectivity index (χ0n) is 14.6. The number of aromatic nitrogens is 1. The highest BCUT2D eigenvalue weighted by molar-refractivity contribution is 5.76. The third kappa shape index (κ3) is 3.26. The molecule has 3 rings (SSSR count). The highest BCUT2D eigenvalue weighted by Crippen LogP contribution is 2.42. The van der Waals surface area contributed by atoms with Gasteiger partial charge in [-0.2, -0.15) is 0 Å². The molecule has 2 aliphatic heterocycles. The summed E-state index contributed by atoms with van der Waals surface area (Å²) in [4.78, 5) is 20.9. The molecule has 0 unspecified atom stereocenters. The van der Waals surface area contributed by atoms with Crippen LogP contribution in [0.5, 0.6) is 5.88 Å². The van der Waals surface area contributed by atoms with Gasteiger partial charge < -0.3 is 14.7 Å². The second kappa shape index (κ2) is 7.07. The van der Waals surface area contributed by atoms with E-state index in [0.29, 0.717) is 12.5 Å². The molecule has 0 amide bonds. The van der Waals surface area contributed by atoms with E-state index in [4.69, 9.17) is 4.74 Å². The lowest BCUT2D eigenvalue weighted by atomic mass is 9.68.